The van der Waals surface area contributed by atoms with Crippen LogP contribution in [0.2, 0.25) is 5.15 Å². The summed E-state index contributed by atoms with van der Waals surface area (Å²) in [6.45, 7) is 1.64. The van der Waals surface area contributed by atoms with Crippen LogP contribution in [-0.2, 0) is 6.42 Å². The Kier molecular flexibility index (Phi) is 5.10. The number of aromatic nitrogens is 1. The fourth-order valence-corrected chi connectivity index (χ4v) is 1.63. The Bertz CT molecular complexity index is 514. The van der Waals surface area contributed by atoms with Gasteiger partial charge in [0.15, 0.2) is 0 Å². The second-order valence-corrected chi connectivity index (χ2v) is 3.89. The van der Waals surface area contributed by atoms with E-state index in [0.29, 0.717) is 17.7 Å². The predicted octanol–water partition coefficient (Wildman–Crippen LogP) is 1.79. The minimum atomic E-state index is -0.392. The normalized spacial score (nSPS) is 9.33. The first kappa shape index (κ1) is 14.0. The first-order valence-electron chi connectivity index (χ1n) is 5.32. The van der Waals surface area contributed by atoms with E-state index in [0.717, 1.165) is 4.90 Å². The van der Waals surface area contributed by atoms with Gasteiger partial charge >= 0.3 is 0 Å². The predicted molar refractivity (Wildman–Crippen MR) is 65.8 cm³/mol. The summed E-state index contributed by atoms with van der Waals surface area (Å²) in [7, 11) is 0. The molecule has 1 heterocycles. The molecule has 0 aliphatic rings. The van der Waals surface area contributed by atoms with E-state index in [9.17, 15) is 4.79 Å². The fourth-order valence-electron chi connectivity index (χ4n) is 1.41. The van der Waals surface area contributed by atoms with Gasteiger partial charge in [0, 0.05) is 11.3 Å². The molecule has 1 amide bonds. The summed E-state index contributed by atoms with van der Waals surface area (Å²) in [6, 6.07) is 6.76. The molecule has 0 radical (unpaired) electrons. The Morgan fingerprint density at radius 3 is 2.50 bits per heavy atom. The third-order valence-electron chi connectivity index (χ3n) is 2.27. The smallest absolute Gasteiger partial charge is 0.255 e. The molecule has 0 bridgehead atoms. The number of amides is 1. The van der Waals surface area contributed by atoms with Crippen LogP contribution in [0.3, 0.4) is 0 Å². The van der Waals surface area contributed by atoms with Gasteiger partial charge in [0.1, 0.15) is 18.2 Å². The van der Waals surface area contributed by atoms with Gasteiger partial charge in [0.2, 0.25) is 0 Å². The van der Waals surface area contributed by atoms with Gasteiger partial charge in [-0.25, -0.2) is 4.98 Å². The molecule has 1 rings (SSSR count). The Balaban J connectivity index is 3.05. The van der Waals surface area contributed by atoms with Crippen LogP contribution in [0.4, 0.5) is 0 Å². The molecule has 0 aliphatic heterocycles. The average molecular weight is 263 g/mol. The molecule has 1 aromatic rings. The maximum Gasteiger partial charge on any atom is 0.255 e. The second-order valence-electron chi connectivity index (χ2n) is 3.50. The van der Waals surface area contributed by atoms with Crippen molar-refractivity contribution in [1.29, 1.82) is 10.5 Å². The molecular formula is C12H11ClN4O. The van der Waals surface area contributed by atoms with Crippen LogP contribution < -0.4 is 0 Å². The molecule has 0 aliphatic carbocycles. The van der Waals surface area contributed by atoms with Crippen molar-refractivity contribution in [3.63, 3.8) is 0 Å². The van der Waals surface area contributed by atoms with Crippen molar-refractivity contribution < 1.29 is 4.79 Å². The van der Waals surface area contributed by atoms with E-state index in [1.165, 1.54) is 6.07 Å². The topological polar surface area (TPSA) is 80.8 Å². The Hall–Kier alpha value is -2.11. The highest BCUT2D eigenvalue weighted by Crippen LogP contribution is 2.13. The van der Waals surface area contributed by atoms with E-state index >= 15 is 0 Å². The van der Waals surface area contributed by atoms with Crippen molar-refractivity contribution in [3.05, 3.63) is 28.5 Å². The zero-order valence-electron chi connectivity index (χ0n) is 9.85. The molecule has 1 aromatic heterocycles. The first-order valence-corrected chi connectivity index (χ1v) is 5.69. The Labute approximate surface area is 110 Å². The van der Waals surface area contributed by atoms with E-state index in [1.807, 2.05) is 19.1 Å². The zero-order valence-corrected chi connectivity index (χ0v) is 10.6. The van der Waals surface area contributed by atoms with Crippen LogP contribution in [0, 0.1) is 22.7 Å². The lowest BCUT2D eigenvalue weighted by Gasteiger charge is -2.16. The molecule has 0 atom stereocenters. The van der Waals surface area contributed by atoms with Crippen molar-refractivity contribution in [1.82, 2.24) is 9.88 Å². The molecule has 0 spiro atoms. The molecule has 0 fully saturated rings. The lowest BCUT2D eigenvalue weighted by atomic mass is 10.2. The maximum absolute atomic E-state index is 12.1. The highest BCUT2D eigenvalue weighted by Gasteiger charge is 2.16. The van der Waals surface area contributed by atoms with Crippen molar-refractivity contribution in [2.45, 2.75) is 13.3 Å². The van der Waals surface area contributed by atoms with Gasteiger partial charge in [0.05, 0.1) is 12.1 Å². The number of carbonyl (C=O) groups excluding carboxylic acids is 1. The summed E-state index contributed by atoms with van der Waals surface area (Å²) < 4.78 is 0. The first-order chi connectivity index (χ1) is 8.62. The molecule has 0 N–H and O–H groups in total. The highest BCUT2D eigenvalue weighted by molar-refractivity contribution is 6.29. The number of nitriles is 2. The maximum atomic E-state index is 12.1. The lowest BCUT2D eigenvalue weighted by Crippen LogP contribution is -2.31. The minimum absolute atomic E-state index is 0.131. The number of rotatable bonds is 4. The monoisotopic (exact) mass is 262 g/mol. The SMILES string of the molecule is CCc1cc(C(=O)N(CC#N)CC#N)cc(Cl)n1. The second kappa shape index (κ2) is 6.58. The summed E-state index contributed by atoms with van der Waals surface area (Å²) in [4.78, 5) is 17.3. The average Bonchev–Trinajstić information content (AvgIpc) is 2.36. The van der Waals surface area contributed by atoms with Gasteiger partial charge in [0.25, 0.3) is 5.91 Å². The Morgan fingerprint density at radius 1 is 1.39 bits per heavy atom. The number of aryl methyl sites for hydroxylation is 1. The quantitative estimate of drug-likeness (QED) is 0.612. The van der Waals surface area contributed by atoms with E-state index in [2.05, 4.69) is 4.98 Å². The van der Waals surface area contributed by atoms with Crippen molar-refractivity contribution in [2.75, 3.05) is 13.1 Å². The summed E-state index contributed by atoms with van der Waals surface area (Å²) in [6.07, 6.45) is 0.650. The molecule has 0 aromatic carbocycles. The van der Waals surface area contributed by atoms with E-state index in [1.54, 1.807) is 6.07 Å². The zero-order chi connectivity index (χ0) is 13.5. The summed E-state index contributed by atoms with van der Waals surface area (Å²) in [5.41, 5.74) is 1.04. The third kappa shape index (κ3) is 3.44. The molecule has 5 nitrogen and oxygen atoms in total. The molecule has 18 heavy (non-hydrogen) atoms. The molecule has 0 saturated heterocycles. The molecule has 0 saturated carbocycles. The van der Waals surface area contributed by atoms with E-state index in [-0.39, 0.29) is 18.2 Å². The van der Waals surface area contributed by atoms with Crippen LogP contribution in [0.15, 0.2) is 12.1 Å². The number of pyridine rings is 1. The number of hydrogen-bond donors (Lipinski definition) is 0. The standard InChI is InChI=1S/C12H11ClN4O/c1-2-10-7-9(8-11(13)16-10)12(18)17(5-3-14)6-4-15/h7-8H,2,5-6H2,1H3. The van der Waals surface area contributed by atoms with E-state index in [4.69, 9.17) is 22.1 Å². The van der Waals surface area contributed by atoms with Gasteiger partial charge < -0.3 is 4.90 Å². The summed E-state index contributed by atoms with van der Waals surface area (Å²) in [5.74, 6) is -0.392. The van der Waals surface area contributed by atoms with Crippen molar-refractivity contribution in [3.8, 4) is 12.1 Å². The van der Waals surface area contributed by atoms with E-state index < -0.39 is 5.91 Å². The molecule has 92 valence electrons. The number of nitrogens with zero attached hydrogens (tertiary/aromatic N) is 4. The van der Waals surface area contributed by atoms with Gasteiger partial charge in [-0.1, -0.05) is 18.5 Å². The fraction of sp³-hybridized carbons (Fsp3) is 0.333. The van der Waals surface area contributed by atoms with Gasteiger partial charge in [-0.05, 0) is 18.6 Å². The lowest BCUT2D eigenvalue weighted by molar-refractivity contribution is 0.0794. The molecule has 6 heteroatoms. The van der Waals surface area contributed by atoms with Crippen LogP contribution in [0.1, 0.15) is 23.0 Å². The molecular weight excluding hydrogens is 252 g/mol. The number of hydrogen-bond acceptors (Lipinski definition) is 4. The van der Waals surface area contributed by atoms with Crippen LogP contribution in [-0.4, -0.2) is 28.9 Å². The Morgan fingerprint density at radius 2 is 2.00 bits per heavy atom. The van der Waals surface area contributed by atoms with Gasteiger partial charge in [-0.3, -0.25) is 4.79 Å². The largest absolute Gasteiger partial charge is 0.312 e. The van der Waals surface area contributed by atoms with Gasteiger partial charge in [-0.15, -0.1) is 0 Å². The summed E-state index contributed by atoms with van der Waals surface area (Å²) in [5, 5.41) is 17.5. The van der Waals surface area contributed by atoms with Crippen LogP contribution >= 0.6 is 11.6 Å². The third-order valence-corrected chi connectivity index (χ3v) is 2.46. The number of carbonyl (C=O) groups is 1. The molecule has 0 unspecified atom stereocenters. The number of halogens is 1. The minimum Gasteiger partial charge on any atom is -0.312 e. The van der Waals surface area contributed by atoms with Crippen molar-refractivity contribution >= 4 is 17.5 Å². The summed E-state index contributed by atoms with van der Waals surface area (Å²) >= 11 is 5.82. The van der Waals surface area contributed by atoms with Crippen LogP contribution in [0.25, 0.3) is 0 Å². The highest BCUT2D eigenvalue weighted by atomic mass is 35.5. The van der Waals surface area contributed by atoms with Crippen molar-refractivity contribution in [2.24, 2.45) is 0 Å². The van der Waals surface area contributed by atoms with Crippen LogP contribution in [0.5, 0.6) is 0 Å². The van der Waals surface area contributed by atoms with Gasteiger partial charge in [-0.2, -0.15) is 10.5 Å².